The van der Waals surface area contributed by atoms with Crippen LogP contribution in [0.5, 0.6) is 0 Å². The van der Waals surface area contributed by atoms with E-state index in [1.165, 1.54) is 4.90 Å². The van der Waals surface area contributed by atoms with E-state index >= 15 is 0 Å². The fourth-order valence-electron chi connectivity index (χ4n) is 1.87. The molecule has 4 nitrogen and oxygen atoms in total. The number of thiol groups is 1. The van der Waals surface area contributed by atoms with E-state index in [9.17, 15) is 9.59 Å². The van der Waals surface area contributed by atoms with Gasteiger partial charge in [0.1, 0.15) is 5.70 Å². The Hall–Kier alpha value is -0.970. The Morgan fingerprint density at radius 2 is 2.31 bits per heavy atom. The standard InChI is InChI=1S/C8H9NO3S/c1-3-4-2-5(10)9(4)6(7(3)13)8(11)12/h3-4,13H,2H2,1H3,(H,11,12). The van der Waals surface area contributed by atoms with Crippen LogP contribution >= 0.6 is 12.6 Å². The highest BCUT2D eigenvalue weighted by Crippen LogP contribution is 2.43. The first-order valence-corrected chi connectivity index (χ1v) is 4.47. The van der Waals surface area contributed by atoms with Crippen molar-refractivity contribution in [2.45, 2.75) is 19.4 Å². The number of carbonyl (C=O) groups excluding carboxylic acids is 1. The van der Waals surface area contributed by atoms with E-state index in [2.05, 4.69) is 12.6 Å². The summed E-state index contributed by atoms with van der Waals surface area (Å²) in [7, 11) is 0. The predicted molar refractivity (Wildman–Crippen MR) is 48.1 cm³/mol. The van der Waals surface area contributed by atoms with Crippen molar-refractivity contribution < 1.29 is 14.7 Å². The van der Waals surface area contributed by atoms with Gasteiger partial charge in [0.05, 0.1) is 6.04 Å². The third-order valence-corrected chi connectivity index (χ3v) is 3.30. The second-order valence-corrected chi connectivity index (χ2v) is 3.84. The van der Waals surface area contributed by atoms with Crippen molar-refractivity contribution in [3.63, 3.8) is 0 Å². The van der Waals surface area contributed by atoms with E-state index < -0.39 is 5.97 Å². The molecule has 0 aromatic carbocycles. The molecule has 0 aromatic heterocycles. The van der Waals surface area contributed by atoms with Crippen molar-refractivity contribution >= 4 is 24.5 Å². The predicted octanol–water partition coefficient (Wildman–Crippen LogP) is 0.463. The average molecular weight is 199 g/mol. The number of β-lactam (4-membered cyclic amide) rings is 1. The molecule has 2 aliphatic rings. The SMILES string of the molecule is CC1C(S)=C(C(=O)O)N2C(=O)CC12. The van der Waals surface area contributed by atoms with Gasteiger partial charge in [-0.25, -0.2) is 4.79 Å². The highest BCUT2D eigenvalue weighted by Gasteiger charge is 2.50. The summed E-state index contributed by atoms with van der Waals surface area (Å²) in [6.45, 7) is 1.89. The number of aliphatic carboxylic acids is 1. The zero-order valence-corrected chi connectivity index (χ0v) is 7.91. The van der Waals surface area contributed by atoms with Gasteiger partial charge in [0, 0.05) is 17.2 Å². The molecule has 2 heterocycles. The average Bonchev–Trinajstić information content (AvgIpc) is 2.24. The minimum absolute atomic E-state index is 0.0334. The summed E-state index contributed by atoms with van der Waals surface area (Å²) in [5.74, 6) is -1.11. The second-order valence-electron chi connectivity index (χ2n) is 3.36. The van der Waals surface area contributed by atoms with Gasteiger partial charge in [0.15, 0.2) is 0 Å². The lowest BCUT2D eigenvalue weighted by atomic mass is 9.94. The second kappa shape index (κ2) is 2.51. The van der Waals surface area contributed by atoms with Crippen LogP contribution in [-0.2, 0) is 9.59 Å². The van der Waals surface area contributed by atoms with Crippen LogP contribution in [0.1, 0.15) is 13.3 Å². The molecule has 1 saturated heterocycles. The summed E-state index contributed by atoms with van der Waals surface area (Å²) in [6, 6.07) is 0.0334. The van der Waals surface area contributed by atoms with Gasteiger partial charge in [0.25, 0.3) is 0 Å². The normalized spacial score (nSPS) is 31.8. The summed E-state index contributed by atoms with van der Waals surface area (Å²) in [6.07, 6.45) is 0.446. The first kappa shape index (κ1) is 8.62. The largest absolute Gasteiger partial charge is 0.477 e. The van der Waals surface area contributed by atoms with Crippen molar-refractivity contribution in [3.8, 4) is 0 Å². The number of nitrogens with zero attached hydrogens (tertiary/aromatic N) is 1. The zero-order valence-electron chi connectivity index (χ0n) is 7.02. The quantitative estimate of drug-likeness (QED) is 0.476. The van der Waals surface area contributed by atoms with Gasteiger partial charge in [-0.05, 0) is 0 Å². The molecule has 1 amide bonds. The number of amides is 1. The van der Waals surface area contributed by atoms with Crippen molar-refractivity contribution in [1.82, 2.24) is 4.90 Å². The highest BCUT2D eigenvalue weighted by atomic mass is 32.1. The summed E-state index contributed by atoms with van der Waals surface area (Å²) in [5, 5.41) is 8.84. The van der Waals surface area contributed by atoms with Gasteiger partial charge in [-0.3, -0.25) is 4.79 Å². The molecule has 1 N–H and O–H groups in total. The maximum absolute atomic E-state index is 11.1. The van der Waals surface area contributed by atoms with E-state index in [1.807, 2.05) is 6.92 Å². The number of fused-ring (bicyclic) bond motifs is 1. The molecule has 0 saturated carbocycles. The molecule has 0 bridgehead atoms. The van der Waals surface area contributed by atoms with Crippen molar-refractivity contribution in [2.75, 3.05) is 0 Å². The molecule has 70 valence electrons. The number of hydrogen-bond donors (Lipinski definition) is 2. The number of carboxylic acid groups (broad SMARTS) is 1. The zero-order chi connectivity index (χ0) is 9.75. The third kappa shape index (κ3) is 0.934. The maximum Gasteiger partial charge on any atom is 0.353 e. The lowest BCUT2D eigenvalue weighted by molar-refractivity contribution is -0.148. The summed E-state index contributed by atoms with van der Waals surface area (Å²) < 4.78 is 0. The molecule has 0 aromatic rings. The van der Waals surface area contributed by atoms with Crippen molar-refractivity contribution in [3.05, 3.63) is 10.6 Å². The number of carboxylic acids is 1. The maximum atomic E-state index is 11.1. The first-order chi connectivity index (χ1) is 6.04. The Morgan fingerprint density at radius 3 is 2.69 bits per heavy atom. The molecular formula is C8H9NO3S. The van der Waals surface area contributed by atoms with Crippen molar-refractivity contribution in [1.29, 1.82) is 0 Å². The van der Waals surface area contributed by atoms with E-state index in [-0.39, 0.29) is 23.6 Å². The lowest BCUT2D eigenvalue weighted by Crippen LogP contribution is -2.51. The van der Waals surface area contributed by atoms with Crippen LogP contribution < -0.4 is 0 Å². The summed E-state index contributed by atoms with van der Waals surface area (Å²) >= 11 is 4.13. The van der Waals surface area contributed by atoms with Crippen LogP contribution in [0, 0.1) is 5.92 Å². The smallest absolute Gasteiger partial charge is 0.353 e. The number of carbonyl (C=O) groups is 2. The monoisotopic (exact) mass is 199 g/mol. The molecule has 2 rings (SSSR count). The Labute approximate surface area is 80.6 Å². The molecule has 1 fully saturated rings. The topological polar surface area (TPSA) is 57.6 Å². The minimum atomic E-state index is -1.06. The van der Waals surface area contributed by atoms with Gasteiger partial charge >= 0.3 is 5.97 Å². The van der Waals surface area contributed by atoms with Gasteiger partial charge in [0.2, 0.25) is 5.91 Å². The van der Waals surface area contributed by atoms with Gasteiger partial charge in [-0.2, -0.15) is 0 Å². The minimum Gasteiger partial charge on any atom is -0.477 e. The highest BCUT2D eigenvalue weighted by molar-refractivity contribution is 7.84. The molecule has 2 atom stereocenters. The Kier molecular flexibility index (Phi) is 1.66. The fraction of sp³-hybridized carbons (Fsp3) is 0.500. The van der Waals surface area contributed by atoms with E-state index in [4.69, 9.17) is 5.11 Å². The number of hydrogen-bond acceptors (Lipinski definition) is 3. The summed E-state index contributed by atoms with van der Waals surface area (Å²) in [5.41, 5.74) is 0.0667. The Balaban J connectivity index is 2.41. The van der Waals surface area contributed by atoms with Gasteiger partial charge in [-0.1, -0.05) is 6.92 Å². The number of rotatable bonds is 1. The molecule has 13 heavy (non-hydrogen) atoms. The molecule has 0 spiro atoms. The van der Waals surface area contributed by atoms with Crippen LogP contribution in [0.4, 0.5) is 0 Å². The Morgan fingerprint density at radius 1 is 1.69 bits per heavy atom. The molecule has 2 unspecified atom stereocenters. The van der Waals surface area contributed by atoms with E-state index in [1.54, 1.807) is 0 Å². The van der Waals surface area contributed by atoms with Crippen LogP contribution in [0.3, 0.4) is 0 Å². The van der Waals surface area contributed by atoms with Crippen molar-refractivity contribution in [2.24, 2.45) is 5.92 Å². The molecule has 0 aliphatic carbocycles. The van der Waals surface area contributed by atoms with Crippen LogP contribution in [0.15, 0.2) is 10.6 Å². The van der Waals surface area contributed by atoms with Gasteiger partial charge < -0.3 is 10.0 Å². The lowest BCUT2D eigenvalue weighted by Gasteiger charge is -2.37. The first-order valence-electron chi connectivity index (χ1n) is 4.02. The van der Waals surface area contributed by atoms with Gasteiger partial charge in [-0.15, -0.1) is 12.6 Å². The molecule has 5 heteroatoms. The molecule has 2 aliphatic heterocycles. The molecular weight excluding hydrogens is 190 g/mol. The van der Waals surface area contributed by atoms with Crippen LogP contribution in [-0.4, -0.2) is 27.9 Å². The molecule has 0 radical (unpaired) electrons. The fourth-order valence-corrected chi connectivity index (χ4v) is 2.24. The third-order valence-electron chi connectivity index (χ3n) is 2.68. The van der Waals surface area contributed by atoms with E-state index in [0.29, 0.717) is 11.3 Å². The van der Waals surface area contributed by atoms with Crippen LogP contribution in [0.25, 0.3) is 0 Å². The van der Waals surface area contributed by atoms with E-state index in [0.717, 1.165) is 0 Å². The Bertz CT molecular complexity index is 336. The van der Waals surface area contributed by atoms with Crippen LogP contribution in [0.2, 0.25) is 0 Å². The summed E-state index contributed by atoms with van der Waals surface area (Å²) in [4.78, 5) is 23.8.